The monoisotopic (exact) mass is 602 g/mol. The van der Waals surface area contributed by atoms with E-state index in [-0.39, 0.29) is 11.9 Å². The molecule has 0 aromatic heterocycles. The van der Waals surface area contributed by atoms with Crippen molar-refractivity contribution < 1.29 is 19.1 Å². The van der Waals surface area contributed by atoms with E-state index in [9.17, 15) is 9.59 Å². The smallest absolute Gasteiger partial charge is 0.330 e. The lowest BCUT2D eigenvalue weighted by Crippen LogP contribution is -2.14. The second-order valence-electron chi connectivity index (χ2n) is 8.33. The van der Waals surface area contributed by atoms with Gasteiger partial charge in [-0.2, -0.15) is 23.5 Å². The lowest BCUT2D eigenvalue weighted by Gasteiger charge is -2.18. The lowest BCUT2D eigenvalue weighted by atomic mass is 10.1. The fourth-order valence-corrected chi connectivity index (χ4v) is 12.8. The maximum Gasteiger partial charge on any atom is 0.330 e. The number of benzene rings is 1. The second kappa shape index (κ2) is 16.0. The Morgan fingerprint density at radius 2 is 1.36 bits per heavy atom. The van der Waals surface area contributed by atoms with E-state index < -0.39 is 0 Å². The van der Waals surface area contributed by atoms with Crippen LogP contribution in [0.5, 0.6) is 0 Å². The second-order valence-corrected chi connectivity index (χ2v) is 17.2. The molecule has 3 rings (SSSR count). The van der Waals surface area contributed by atoms with Crippen molar-refractivity contribution in [3.63, 3.8) is 0 Å². The minimum atomic E-state index is -0.337. The quantitative estimate of drug-likeness (QED) is 0.163. The van der Waals surface area contributed by atoms with E-state index in [0.29, 0.717) is 43.4 Å². The highest BCUT2D eigenvalue weighted by Gasteiger charge is 2.28. The van der Waals surface area contributed by atoms with Crippen LogP contribution in [0.25, 0.3) is 0 Å². The topological polar surface area (TPSA) is 52.6 Å². The van der Waals surface area contributed by atoms with Crippen LogP contribution < -0.4 is 0 Å². The number of carbonyl (C=O) groups is 2. The Balaban J connectivity index is 1.38. The first-order valence-corrected chi connectivity index (χ1v) is 17.9. The fraction of sp³-hybridized carbons (Fsp3) is 0.538. The molecule has 2 heterocycles. The lowest BCUT2D eigenvalue weighted by molar-refractivity contribution is -0.138. The van der Waals surface area contributed by atoms with Crippen molar-refractivity contribution in [3.8, 4) is 0 Å². The van der Waals surface area contributed by atoms with Gasteiger partial charge in [-0.1, -0.05) is 37.4 Å². The van der Waals surface area contributed by atoms with Gasteiger partial charge in [0.05, 0.1) is 9.16 Å². The highest BCUT2D eigenvalue weighted by Crippen LogP contribution is 2.44. The van der Waals surface area contributed by atoms with E-state index in [4.69, 9.17) is 9.47 Å². The summed E-state index contributed by atoms with van der Waals surface area (Å²) in [4.78, 5) is 22.6. The number of rotatable bonds is 14. The van der Waals surface area contributed by atoms with Gasteiger partial charge in [-0.3, -0.25) is 0 Å². The Labute approximate surface area is 241 Å². The van der Waals surface area contributed by atoms with E-state index in [2.05, 4.69) is 51.3 Å². The zero-order valence-electron chi connectivity index (χ0n) is 20.7. The maximum absolute atomic E-state index is 11.3. The number of esters is 2. The van der Waals surface area contributed by atoms with Gasteiger partial charge in [-0.25, -0.2) is 9.59 Å². The van der Waals surface area contributed by atoms with Gasteiger partial charge < -0.3 is 9.47 Å². The molecule has 2 aliphatic heterocycles. The molecule has 2 fully saturated rings. The van der Waals surface area contributed by atoms with Crippen molar-refractivity contribution in [2.45, 2.75) is 44.0 Å². The third-order valence-electron chi connectivity index (χ3n) is 5.59. The molecule has 36 heavy (non-hydrogen) atoms. The zero-order valence-corrected chi connectivity index (χ0v) is 25.6. The number of thioether (sulfide) groups is 6. The number of hydrogen-bond acceptors (Lipinski definition) is 10. The van der Waals surface area contributed by atoms with Crippen molar-refractivity contribution in [2.24, 2.45) is 0 Å². The van der Waals surface area contributed by atoms with Crippen LogP contribution in [-0.4, -0.2) is 67.8 Å². The first kappa shape index (κ1) is 30.3. The molecule has 0 bridgehead atoms. The Morgan fingerprint density at radius 1 is 0.917 bits per heavy atom. The average molecular weight is 603 g/mol. The van der Waals surface area contributed by atoms with Gasteiger partial charge in [0.25, 0.3) is 0 Å². The van der Waals surface area contributed by atoms with Gasteiger partial charge in [0.15, 0.2) is 0 Å². The van der Waals surface area contributed by atoms with Crippen molar-refractivity contribution in [1.29, 1.82) is 0 Å². The predicted octanol–water partition coefficient (Wildman–Crippen LogP) is 7.08. The van der Waals surface area contributed by atoms with Crippen molar-refractivity contribution >= 4 is 82.5 Å². The van der Waals surface area contributed by atoms with Gasteiger partial charge >= 0.3 is 11.9 Å². The number of ether oxygens (including phenoxy) is 2. The Kier molecular flexibility index (Phi) is 13.4. The number of hydrogen-bond donors (Lipinski definition) is 0. The van der Waals surface area contributed by atoms with Crippen LogP contribution in [-0.2, 0) is 19.1 Å². The first-order valence-electron chi connectivity index (χ1n) is 11.8. The molecule has 10 heteroatoms. The van der Waals surface area contributed by atoms with Gasteiger partial charge in [-0.15, -0.1) is 47.0 Å². The molecule has 198 valence electrons. The molecule has 4 nitrogen and oxygen atoms in total. The molecule has 0 spiro atoms. The minimum Gasteiger partial charge on any atom is -0.461 e. The highest BCUT2D eigenvalue weighted by atomic mass is 32.2. The van der Waals surface area contributed by atoms with Gasteiger partial charge in [0.1, 0.15) is 13.2 Å². The van der Waals surface area contributed by atoms with Crippen molar-refractivity contribution in [2.75, 3.05) is 36.2 Å². The summed E-state index contributed by atoms with van der Waals surface area (Å²) in [5, 5.41) is 1.60. The molecule has 0 saturated carbocycles. The SMILES string of the molecule is C=CC(=O)OCC1CSC(CSC(C)c2cccc(C(C)SCC3SCC(COC(=O)C=C)S3)c2)S1. The van der Waals surface area contributed by atoms with Crippen LogP contribution in [0.2, 0.25) is 0 Å². The molecule has 6 unspecified atom stereocenters. The molecule has 2 aliphatic rings. The molecular weight excluding hydrogens is 569 g/mol. The molecule has 0 N–H and O–H groups in total. The molecule has 0 amide bonds. The normalized spacial score (nSPS) is 25.2. The zero-order chi connectivity index (χ0) is 25.9. The molecular formula is C26H34O4S6. The standard InChI is InChI=1S/C26H34O4S6/c1-5-23(27)29-11-21-13-33-25(35-21)15-31-17(3)19-8-7-9-20(10-19)18(4)32-16-26-34-14-22(36-26)12-30-24(28)6-2/h5-10,17-18,21-22,25-26H,1-2,11-16H2,3-4H3. The van der Waals surface area contributed by atoms with Gasteiger partial charge in [0, 0.05) is 56.2 Å². The molecule has 1 aromatic carbocycles. The van der Waals surface area contributed by atoms with E-state index in [1.165, 1.54) is 23.3 Å². The van der Waals surface area contributed by atoms with Gasteiger partial charge in [-0.05, 0) is 25.0 Å². The first-order chi connectivity index (χ1) is 17.4. The van der Waals surface area contributed by atoms with Crippen LogP contribution in [0.3, 0.4) is 0 Å². The Morgan fingerprint density at radius 3 is 1.78 bits per heavy atom. The summed E-state index contributed by atoms with van der Waals surface area (Å²) in [6.45, 7) is 12.4. The molecule has 0 aliphatic carbocycles. The highest BCUT2D eigenvalue weighted by molar-refractivity contribution is 8.22. The summed E-state index contributed by atoms with van der Waals surface area (Å²) in [5.74, 6) is 3.53. The molecule has 0 radical (unpaired) electrons. The third kappa shape index (κ3) is 10.1. The molecule has 2 saturated heterocycles. The predicted molar refractivity (Wildman–Crippen MR) is 166 cm³/mol. The molecule has 6 atom stereocenters. The summed E-state index contributed by atoms with van der Waals surface area (Å²) >= 11 is 11.8. The van der Waals surface area contributed by atoms with Crippen LogP contribution in [0, 0.1) is 0 Å². The largest absolute Gasteiger partial charge is 0.461 e. The summed E-state index contributed by atoms with van der Waals surface area (Å²) in [7, 11) is 0. The third-order valence-corrected chi connectivity index (χ3v) is 15.5. The Hall–Kier alpha value is -0.260. The van der Waals surface area contributed by atoms with Crippen LogP contribution in [0.4, 0.5) is 0 Å². The van der Waals surface area contributed by atoms with Crippen LogP contribution in [0.1, 0.15) is 35.5 Å². The fourth-order valence-electron chi connectivity index (χ4n) is 3.54. The summed E-state index contributed by atoms with van der Waals surface area (Å²) < 4.78 is 11.5. The maximum atomic E-state index is 11.3. The molecule has 1 aromatic rings. The van der Waals surface area contributed by atoms with Crippen LogP contribution >= 0.6 is 70.6 Å². The summed E-state index contributed by atoms with van der Waals surface area (Å²) in [5.41, 5.74) is 2.76. The summed E-state index contributed by atoms with van der Waals surface area (Å²) in [6, 6.07) is 9.03. The van der Waals surface area contributed by atoms with Crippen molar-refractivity contribution in [1.82, 2.24) is 0 Å². The van der Waals surface area contributed by atoms with Gasteiger partial charge in [0.2, 0.25) is 0 Å². The Bertz CT molecular complexity index is 830. The summed E-state index contributed by atoms with van der Waals surface area (Å²) in [6.07, 6.45) is 2.45. The number of carbonyl (C=O) groups excluding carboxylic acids is 2. The van der Waals surface area contributed by atoms with E-state index in [0.717, 1.165) is 23.0 Å². The van der Waals surface area contributed by atoms with Crippen molar-refractivity contribution in [3.05, 3.63) is 60.7 Å². The average Bonchev–Trinajstić information content (AvgIpc) is 3.56. The van der Waals surface area contributed by atoms with E-state index in [1.54, 1.807) is 0 Å². The minimum absolute atomic E-state index is 0.337. The van der Waals surface area contributed by atoms with E-state index in [1.807, 2.05) is 70.6 Å². The van der Waals surface area contributed by atoms with E-state index >= 15 is 0 Å². The van der Waals surface area contributed by atoms with Crippen LogP contribution in [0.15, 0.2) is 49.6 Å².